The number of halogens is 2. The molecule has 0 N–H and O–H groups in total. The maximum Gasteiger partial charge on any atom is 0.155 e. The molecule has 0 radical (unpaired) electrons. The third kappa shape index (κ3) is 2.11. The van der Waals surface area contributed by atoms with Gasteiger partial charge in [-0.2, -0.15) is 10.2 Å². The molecule has 6 heteroatoms. The SMILES string of the molecule is Cn1c2c3cc(F)ccc3oc3cccc(c3=2)c2ccc(=C3C=NN=C3)c(F)c21. The summed E-state index contributed by atoms with van der Waals surface area (Å²) in [5, 5.41) is 11.8. The van der Waals surface area contributed by atoms with Crippen LogP contribution in [0.5, 0.6) is 0 Å². The van der Waals surface area contributed by atoms with Crippen LogP contribution in [0.3, 0.4) is 0 Å². The zero-order valence-electron chi connectivity index (χ0n) is 15.3. The molecule has 3 aliphatic rings. The van der Waals surface area contributed by atoms with E-state index in [4.69, 9.17) is 4.42 Å². The fraction of sp³-hybridized carbons (Fsp3) is 0.0435. The highest BCUT2D eigenvalue weighted by Crippen LogP contribution is 2.31. The molecular weight excluding hydrogens is 372 g/mol. The second-order valence-electron chi connectivity index (χ2n) is 7.10. The Morgan fingerprint density at radius 3 is 2.52 bits per heavy atom. The Balaban J connectivity index is 2.00. The lowest BCUT2D eigenvalue weighted by atomic mass is 10.0. The number of aryl methyl sites for hydroxylation is 1. The van der Waals surface area contributed by atoms with Crippen LogP contribution in [-0.2, 0) is 7.05 Å². The lowest BCUT2D eigenvalue weighted by molar-refractivity contribution is 0.617. The van der Waals surface area contributed by atoms with Gasteiger partial charge in [0.15, 0.2) is 5.82 Å². The molecule has 0 atom stereocenters. The van der Waals surface area contributed by atoms with E-state index in [-0.39, 0.29) is 11.6 Å². The molecule has 0 aromatic heterocycles. The number of aromatic nitrogens is 1. The summed E-state index contributed by atoms with van der Waals surface area (Å²) in [7, 11) is 1.79. The molecule has 3 aromatic rings. The highest BCUT2D eigenvalue weighted by atomic mass is 19.1. The average Bonchev–Trinajstić information content (AvgIpc) is 3.25. The Kier molecular flexibility index (Phi) is 3.13. The molecule has 0 spiro atoms. The van der Waals surface area contributed by atoms with Crippen LogP contribution < -0.4 is 5.22 Å². The third-order valence-electron chi connectivity index (χ3n) is 5.53. The zero-order chi connectivity index (χ0) is 19.7. The van der Waals surface area contributed by atoms with Crippen LogP contribution in [0.4, 0.5) is 8.78 Å². The Bertz CT molecular complexity index is 1680. The first-order chi connectivity index (χ1) is 14.1. The van der Waals surface area contributed by atoms with Crippen LogP contribution >= 0.6 is 0 Å². The van der Waals surface area contributed by atoms with Gasteiger partial charge in [-0.25, -0.2) is 8.78 Å². The van der Waals surface area contributed by atoms with E-state index in [1.807, 2.05) is 24.3 Å². The van der Waals surface area contributed by atoms with Gasteiger partial charge in [0.1, 0.15) is 17.0 Å². The van der Waals surface area contributed by atoms with E-state index >= 15 is 4.39 Å². The Labute approximate surface area is 162 Å². The molecule has 6 rings (SSSR count). The predicted molar refractivity (Wildman–Crippen MR) is 110 cm³/mol. The van der Waals surface area contributed by atoms with Gasteiger partial charge < -0.3 is 8.98 Å². The minimum absolute atomic E-state index is 0.368. The van der Waals surface area contributed by atoms with E-state index < -0.39 is 0 Å². The fourth-order valence-corrected chi connectivity index (χ4v) is 4.27. The first-order valence-corrected chi connectivity index (χ1v) is 9.12. The standard InChI is InChI=1S/C23H13F2N3O/c1-28-22-17-9-13(24)5-8-18(17)29-19-4-2-3-15(20(19)22)16-7-6-14(21(25)23(16)28)12-10-26-27-11-12/h2-11H,1H3. The van der Waals surface area contributed by atoms with Gasteiger partial charge in [-0.05, 0) is 29.7 Å². The van der Waals surface area contributed by atoms with Crippen molar-refractivity contribution in [1.82, 2.24) is 4.57 Å². The van der Waals surface area contributed by atoms with E-state index in [1.165, 1.54) is 24.6 Å². The van der Waals surface area contributed by atoms with Crippen molar-refractivity contribution in [2.24, 2.45) is 17.3 Å². The van der Waals surface area contributed by atoms with Gasteiger partial charge in [0.2, 0.25) is 0 Å². The lowest BCUT2D eigenvalue weighted by Gasteiger charge is -2.15. The van der Waals surface area contributed by atoms with Gasteiger partial charge in [-0.1, -0.05) is 24.3 Å². The summed E-state index contributed by atoms with van der Waals surface area (Å²) in [6, 6.07) is 13.7. The van der Waals surface area contributed by atoms with Gasteiger partial charge in [-0.3, -0.25) is 0 Å². The zero-order valence-corrected chi connectivity index (χ0v) is 15.3. The number of rotatable bonds is 0. The molecule has 4 nitrogen and oxygen atoms in total. The van der Waals surface area contributed by atoms with Gasteiger partial charge in [0.05, 0.1) is 23.3 Å². The molecule has 29 heavy (non-hydrogen) atoms. The Hall–Kier alpha value is -3.80. The minimum atomic E-state index is -0.372. The largest absolute Gasteiger partial charge is 0.456 e. The van der Waals surface area contributed by atoms with Crippen molar-refractivity contribution in [2.75, 3.05) is 0 Å². The van der Waals surface area contributed by atoms with Gasteiger partial charge in [0.25, 0.3) is 0 Å². The summed E-state index contributed by atoms with van der Waals surface area (Å²) in [6.07, 6.45) is 3.07. The maximum atomic E-state index is 15.7. The molecule has 140 valence electrons. The molecule has 0 fully saturated rings. The van der Waals surface area contributed by atoms with Crippen molar-refractivity contribution in [2.45, 2.75) is 0 Å². The number of nitrogens with zero attached hydrogens (tertiary/aromatic N) is 3. The van der Waals surface area contributed by atoms with Crippen LogP contribution in [0.2, 0.25) is 0 Å². The van der Waals surface area contributed by atoms with Crippen LogP contribution in [0, 0.1) is 22.2 Å². The van der Waals surface area contributed by atoms with Crippen molar-refractivity contribution < 1.29 is 13.2 Å². The van der Waals surface area contributed by atoms with E-state index in [1.54, 1.807) is 23.7 Å². The maximum absolute atomic E-state index is 15.7. The Morgan fingerprint density at radius 2 is 1.69 bits per heavy atom. The van der Waals surface area contributed by atoms with E-state index in [0.29, 0.717) is 32.9 Å². The third-order valence-corrected chi connectivity index (χ3v) is 5.53. The minimum Gasteiger partial charge on any atom is -0.456 e. The summed E-state index contributed by atoms with van der Waals surface area (Å²) in [5.41, 5.74) is 2.26. The van der Waals surface area contributed by atoms with Crippen molar-refractivity contribution >= 4 is 50.8 Å². The molecule has 3 heterocycles. The summed E-state index contributed by atoms with van der Waals surface area (Å²) >= 11 is 0. The highest BCUT2D eigenvalue weighted by molar-refractivity contribution is 6.30. The summed E-state index contributed by atoms with van der Waals surface area (Å²) in [5.74, 6) is -0.740. The van der Waals surface area contributed by atoms with Gasteiger partial charge in [0, 0.05) is 33.8 Å². The lowest BCUT2D eigenvalue weighted by Crippen LogP contribution is -2.15. The summed E-state index contributed by atoms with van der Waals surface area (Å²) < 4.78 is 37.6. The number of hydrogen-bond acceptors (Lipinski definition) is 3. The van der Waals surface area contributed by atoms with Crippen molar-refractivity contribution in [3.05, 3.63) is 76.0 Å². The molecule has 0 saturated carbocycles. The molecule has 0 unspecified atom stereocenters. The van der Waals surface area contributed by atoms with Crippen molar-refractivity contribution in [3.8, 4) is 0 Å². The molecule has 3 aromatic carbocycles. The molecule has 0 bridgehead atoms. The Morgan fingerprint density at radius 1 is 0.862 bits per heavy atom. The average molecular weight is 385 g/mol. The van der Waals surface area contributed by atoms with Crippen LogP contribution in [0.25, 0.3) is 38.4 Å². The molecule has 3 aliphatic heterocycles. The topological polar surface area (TPSA) is 42.8 Å². The van der Waals surface area contributed by atoms with Crippen LogP contribution in [0.1, 0.15) is 0 Å². The first-order valence-electron chi connectivity index (χ1n) is 9.12. The van der Waals surface area contributed by atoms with Crippen LogP contribution in [0.15, 0.2) is 63.2 Å². The van der Waals surface area contributed by atoms with Gasteiger partial charge >= 0.3 is 0 Å². The molecule has 0 saturated heterocycles. The summed E-state index contributed by atoms with van der Waals surface area (Å²) in [6.45, 7) is 0. The highest BCUT2D eigenvalue weighted by Gasteiger charge is 2.16. The fourth-order valence-electron chi connectivity index (χ4n) is 4.27. The smallest absolute Gasteiger partial charge is 0.155 e. The first kappa shape index (κ1) is 16.2. The summed E-state index contributed by atoms with van der Waals surface area (Å²) in [4.78, 5) is 0. The molecular formula is C23H13F2N3O. The second-order valence-corrected chi connectivity index (χ2v) is 7.10. The molecule has 0 amide bonds. The normalized spacial score (nSPS) is 13.7. The monoisotopic (exact) mass is 385 g/mol. The van der Waals surface area contributed by atoms with E-state index in [0.717, 1.165) is 21.3 Å². The number of benzene rings is 3. The molecule has 0 aliphatic carbocycles. The van der Waals surface area contributed by atoms with E-state index in [9.17, 15) is 4.39 Å². The van der Waals surface area contributed by atoms with Crippen molar-refractivity contribution in [3.63, 3.8) is 0 Å². The quantitative estimate of drug-likeness (QED) is 0.385. The number of hydrogen-bond donors (Lipinski definition) is 0. The second kappa shape index (κ2) is 5.61. The predicted octanol–water partition coefficient (Wildman–Crippen LogP) is 4.58. The van der Waals surface area contributed by atoms with Gasteiger partial charge in [-0.15, -0.1) is 0 Å². The van der Waals surface area contributed by atoms with Crippen LogP contribution in [-0.4, -0.2) is 17.0 Å². The van der Waals surface area contributed by atoms with E-state index in [2.05, 4.69) is 10.2 Å². The van der Waals surface area contributed by atoms with Crippen molar-refractivity contribution in [1.29, 1.82) is 0 Å². The number of fused-ring (bicyclic) bond motifs is 4.